The highest BCUT2D eigenvalue weighted by Crippen LogP contribution is 2.16. The molecule has 0 fully saturated rings. The summed E-state index contributed by atoms with van der Waals surface area (Å²) in [5.41, 5.74) is 0.846. The summed E-state index contributed by atoms with van der Waals surface area (Å²) < 4.78 is 23.5. The summed E-state index contributed by atoms with van der Waals surface area (Å²) in [7, 11) is -4.38. The molecule has 0 amide bonds. The van der Waals surface area contributed by atoms with Crippen molar-refractivity contribution < 1.29 is 23.1 Å². The summed E-state index contributed by atoms with van der Waals surface area (Å²) in [5, 5.41) is 6.49. The van der Waals surface area contributed by atoms with E-state index in [9.17, 15) is 18.0 Å². The van der Waals surface area contributed by atoms with Crippen molar-refractivity contribution in [3.8, 4) is 0 Å². The van der Waals surface area contributed by atoms with Gasteiger partial charge in [0.2, 0.25) is 5.16 Å². The molecule has 0 aliphatic rings. The summed E-state index contributed by atoms with van der Waals surface area (Å²) in [6.45, 7) is 0. The Balaban J connectivity index is 2.47. The Morgan fingerprint density at radius 1 is 1.28 bits per heavy atom. The Morgan fingerprint density at radius 3 is 2.56 bits per heavy atom. The third-order valence-corrected chi connectivity index (χ3v) is 3.66. The van der Waals surface area contributed by atoms with Gasteiger partial charge < -0.3 is 10.1 Å². The highest BCUT2D eigenvalue weighted by molar-refractivity contribution is 8.06. The molecular formula is C10H8N2O5S. The van der Waals surface area contributed by atoms with Gasteiger partial charge in [-0.15, -0.1) is 0 Å². The number of para-hydroxylation sites is 2. The number of hydrogen-bond donors (Lipinski definition) is 2. The molecule has 94 valence electrons. The zero-order valence-corrected chi connectivity index (χ0v) is 9.77. The van der Waals surface area contributed by atoms with Gasteiger partial charge in [0.25, 0.3) is 15.0 Å². The zero-order chi connectivity index (χ0) is 13.3. The molecule has 0 bridgehead atoms. The van der Waals surface area contributed by atoms with Crippen LogP contribution in [0.4, 0.5) is 0 Å². The van der Waals surface area contributed by atoms with Crippen molar-refractivity contribution in [1.29, 1.82) is 0 Å². The molecule has 0 saturated heterocycles. The fraction of sp³-hybridized carbons (Fsp3) is 0.100. The number of H-pyrrole nitrogens is 1. The molecule has 18 heavy (non-hydrogen) atoms. The van der Waals surface area contributed by atoms with Crippen LogP contribution < -0.4 is 0 Å². The maximum atomic E-state index is 11.7. The lowest BCUT2D eigenvalue weighted by molar-refractivity contribution is -0.138. The molecule has 0 unspecified atom stereocenters. The number of carbonyl (C=O) groups excluding carboxylic acids is 1. The number of rotatable bonds is 3. The van der Waals surface area contributed by atoms with Crippen molar-refractivity contribution >= 4 is 32.0 Å². The first-order chi connectivity index (χ1) is 8.41. The van der Waals surface area contributed by atoms with Crippen LogP contribution in [0.25, 0.3) is 11.0 Å². The lowest BCUT2D eigenvalue weighted by atomic mass is 10.3. The highest BCUT2D eigenvalue weighted by atomic mass is 32.2. The molecule has 0 atom stereocenters. The first kappa shape index (κ1) is 12.2. The fourth-order valence-corrected chi connectivity index (χ4v) is 2.37. The first-order valence-electron chi connectivity index (χ1n) is 4.86. The van der Waals surface area contributed by atoms with Crippen LogP contribution >= 0.6 is 0 Å². The summed E-state index contributed by atoms with van der Waals surface area (Å²) in [4.78, 5) is 27.9. The van der Waals surface area contributed by atoms with Crippen LogP contribution in [0.5, 0.6) is 0 Å². The van der Waals surface area contributed by atoms with Crippen LogP contribution in [0.1, 0.15) is 6.42 Å². The van der Waals surface area contributed by atoms with E-state index in [0.717, 1.165) is 0 Å². The Bertz CT molecular complexity index is 699. The Labute approximate surface area is 101 Å². The molecule has 2 rings (SSSR count). The number of fused-ring (bicyclic) bond motifs is 1. The number of aliphatic carboxylic acids is 1. The number of imidazole rings is 1. The van der Waals surface area contributed by atoms with Crippen LogP contribution in [-0.4, -0.2) is 34.6 Å². The smallest absolute Gasteiger partial charge is 0.312 e. The van der Waals surface area contributed by atoms with Crippen LogP contribution in [-0.2, 0) is 19.4 Å². The summed E-state index contributed by atoms with van der Waals surface area (Å²) in [6, 6.07) is 6.52. The molecule has 0 spiro atoms. The van der Waals surface area contributed by atoms with Crippen molar-refractivity contribution in [2.75, 3.05) is 0 Å². The molecule has 0 aliphatic carbocycles. The number of nitrogens with zero attached hydrogens (tertiary/aromatic N) is 1. The van der Waals surface area contributed by atoms with Gasteiger partial charge in [0.1, 0.15) is 6.42 Å². The van der Waals surface area contributed by atoms with Gasteiger partial charge in [-0.2, -0.15) is 0 Å². The molecular weight excluding hydrogens is 260 g/mol. The summed E-state index contributed by atoms with van der Waals surface area (Å²) >= 11 is 0. The number of carboxylic acid groups (broad SMARTS) is 1. The van der Waals surface area contributed by atoms with Gasteiger partial charge in [-0.1, -0.05) is 12.1 Å². The van der Waals surface area contributed by atoms with E-state index in [-0.39, 0.29) is 0 Å². The molecule has 2 aromatic rings. The van der Waals surface area contributed by atoms with Gasteiger partial charge in [-0.05, 0) is 12.1 Å². The van der Waals surface area contributed by atoms with Crippen molar-refractivity contribution in [1.82, 2.24) is 9.97 Å². The van der Waals surface area contributed by atoms with E-state index in [2.05, 4.69) is 9.97 Å². The molecule has 8 heteroatoms. The monoisotopic (exact) mass is 268 g/mol. The molecule has 0 saturated carbocycles. The molecule has 1 heterocycles. The van der Waals surface area contributed by atoms with Crippen molar-refractivity contribution in [2.45, 2.75) is 11.6 Å². The molecule has 0 radical (unpaired) electrons. The molecule has 2 N–H and O–H groups in total. The number of carboxylic acids is 1. The van der Waals surface area contributed by atoms with E-state index in [1.54, 1.807) is 24.3 Å². The van der Waals surface area contributed by atoms with Gasteiger partial charge in [-0.25, -0.2) is 13.4 Å². The van der Waals surface area contributed by atoms with Crippen LogP contribution in [0, 0.1) is 0 Å². The standard InChI is InChI=1S/C10H8N2O5S/c13-8(14)5-9(15)18(16,17)10-11-6-3-1-2-4-7(6)12-10/h1-4H,5H2,(H,11,12)(H,13,14). The Hall–Kier alpha value is -2.22. The van der Waals surface area contributed by atoms with Crippen LogP contribution in [0.2, 0.25) is 0 Å². The minimum atomic E-state index is -4.38. The van der Waals surface area contributed by atoms with Gasteiger partial charge >= 0.3 is 5.97 Å². The van der Waals surface area contributed by atoms with Gasteiger partial charge in [-0.3, -0.25) is 9.59 Å². The molecule has 1 aromatic carbocycles. The second-order valence-corrected chi connectivity index (χ2v) is 5.35. The topological polar surface area (TPSA) is 117 Å². The van der Waals surface area contributed by atoms with Crippen molar-refractivity contribution in [3.63, 3.8) is 0 Å². The van der Waals surface area contributed by atoms with E-state index in [0.29, 0.717) is 11.0 Å². The lowest BCUT2D eigenvalue weighted by Crippen LogP contribution is -2.19. The summed E-state index contributed by atoms with van der Waals surface area (Å²) in [6.07, 6.45) is -1.08. The first-order valence-corrected chi connectivity index (χ1v) is 6.34. The second-order valence-electron chi connectivity index (χ2n) is 3.51. The SMILES string of the molecule is O=C(O)CC(=O)S(=O)(=O)c1nc2ccccc2[nH]1. The number of aromatic nitrogens is 2. The number of nitrogens with one attached hydrogen (secondary N) is 1. The van der Waals surface area contributed by atoms with Crippen LogP contribution in [0.3, 0.4) is 0 Å². The maximum Gasteiger partial charge on any atom is 0.312 e. The molecule has 7 nitrogen and oxygen atoms in total. The van der Waals surface area contributed by atoms with E-state index in [1.807, 2.05) is 0 Å². The summed E-state index contributed by atoms with van der Waals surface area (Å²) in [5.74, 6) is -1.50. The average molecular weight is 268 g/mol. The van der Waals surface area contributed by atoms with Gasteiger partial charge in [0.15, 0.2) is 0 Å². The molecule has 1 aromatic heterocycles. The van der Waals surface area contributed by atoms with Gasteiger partial charge in [0, 0.05) is 0 Å². The van der Waals surface area contributed by atoms with E-state index >= 15 is 0 Å². The zero-order valence-electron chi connectivity index (χ0n) is 8.95. The Morgan fingerprint density at radius 2 is 1.94 bits per heavy atom. The minimum absolute atomic E-state index is 0.388. The number of hydrogen-bond acceptors (Lipinski definition) is 5. The predicted octanol–water partition coefficient (Wildman–Crippen LogP) is 0.338. The third-order valence-electron chi connectivity index (χ3n) is 2.22. The fourth-order valence-electron chi connectivity index (χ4n) is 1.38. The van der Waals surface area contributed by atoms with Crippen molar-refractivity contribution in [3.05, 3.63) is 24.3 Å². The number of sulfone groups is 1. The second kappa shape index (κ2) is 4.22. The highest BCUT2D eigenvalue weighted by Gasteiger charge is 2.29. The largest absolute Gasteiger partial charge is 0.481 e. The normalized spacial score (nSPS) is 11.6. The Kier molecular flexibility index (Phi) is 2.87. The quantitative estimate of drug-likeness (QED) is 0.775. The lowest BCUT2D eigenvalue weighted by Gasteiger charge is -1.96. The van der Waals surface area contributed by atoms with E-state index in [1.165, 1.54) is 0 Å². The van der Waals surface area contributed by atoms with Gasteiger partial charge in [0.05, 0.1) is 11.0 Å². The average Bonchev–Trinajstić information content (AvgIpc) is 2.72. The van der Waals surface area contributed by atoms with E-state index in [4.69, 9.17) is 5.11 Å². The van der Waals surface area contributed by atoms with Crippen LogP contribution in [0.15, 0.2) is 29.4 Å². The number of benzene rings is 1. The number of carbonyl (C=O) groups is 2. The predicted molar refractivity (Wildman–Crippen MR) is 60.5 cm³/mol. The molecule has 0 aliphatic heterocycles. The minimum Gasteiger partial charge on any atom is -0.481 e. The number of aromatic amines is 1. The maximum absolute atomic E-state index is 11.7. The van der Waals surface area contributed by atoms with Crippen molar-refractivity contribution in [2.24, 2.45) is 0 Å². The third kappa shape index (κ3) is 2.09. The van der Waals surface area contributed by atoms with E-state index < -0.39 is 32.5 Å².